The number of hydrogen-bond acceptors (Lipinski definition) is 2. The van der Waals surface area contributed by atoms with E-state index in [0.717, 1.165) is 17.0 Å². The van der Waals surface area contributed by atoms with Crippen LogP contribution in [0.1, 0.15) is 19.4 Å². The highest BCUT2D eigenvalue weighted by Crippen LogP contribution is 2.30. The molecule has 0 saturated carbocycles. The first-order valence-corrected chi connectivity index (χ1v) is 8.60. The van der Waals surface area contributed by atoms with Crippen molar-refractivity contribution >= 4 is 5.90 Å². The van der Waals surface area contributed by atoms with Gasteiger partial charge in [-0.3, -0.25) is 0 Å². The summed E-state index contributed by atoms with van der Waals surface area (Å²) in [6, 6.07) is 27.4. The third-order valence-corrected chi connectivity index (χ3v) is 4.43. The highest BCUT2D eigenvalue weighted by atomic mass is 16.5. The van der Waals surface area contributed by atoms with Gasteiger partial charge in [0.05, 0.1) is 5.54 Å². The maximum absolute atomic E-state index is 5.86. The first kappa shape index (κ1) is 15.6. The highest BCUT2D eigenvalue weighted by molar-refractivity contribution is 6.01. The topological polar surface area (TPSA) is 21.6 Å². The Balaban J connectivity index is 1.72. The molecule has 124 valence electrons. The molecule has 3 aromatic rings. The number of rotatable bonds is 3. The lowest BCUT2D eigenvalue weighted by atomic mass is 9.97. The number of aliphatic imine (C=N–C) groups is 1. The summed E-state index contributed by atoms with van der Waals surface area (Å²) in [7, 11) is 0. The minimum Gasteiger partial charge on any atom is -0.475 e. The van der Waals surface area contributed by atoms with E-state index in [2.05, 4.69) is 80.6 Å². The minimum absolute atomic E-state index is 0.153. The predicted octanol–water partition coefficient (Wildman–Crippen LogP) is 5.58. The third-order valence-electron chi connectivity index (χ3n) is 4.43. The van der Waals surface area contributed by atoms with Gasteiger partial charge >= 0.3 is 0 Å². The smallest absolute Gasteiger partial charge is 0.217 e. The van der Waals surface area contributed by atoms with Crippen molar-refractivity contribution in [1.82, 2.24) is 0 Å². The molecule has 0 saturated heterocycles. The van der Waals surface area contributed by atoms with Gasteiger partial charge in [0.1, 0.15) is 6.61 Å². The molecule has 0 atom stereocenters. The summed E-state index contributed by atoms with van der Waals surface area (Å²) in [6.45, 7) is 4.82. The van der Waals surface area contributed by atoms with Crippen LogP contribution in [0.15, 0.2) is 83.9 Å². The predicted molar refractivity (Wildman–Crippen MR) is 104 cm³/mol. The minimum atomic E-state index is -0.153. The van der Waals surface area contributed by atoms with Gasteiger partial charge in [-0.1, -0.05) is 72.8 Å². The molecular weight excluding hydrogens is 306 g/mol. The van der Waals surface area contributed by atoms with Crippen LogP contribution >= 0.6 is 0 Å². The lowest BCUT2D eigenvalue weighted by Gasteiger charge is -2.10. The molecule has 1 aliphatic heterocycles. The molecule has 0 bridgehead atoms. The zero-order valence-electron chi connectivity index (χ0n) is 14.6. The molecule has 0 N–H and O–H groups in total. The molecule has 0 fully saturated rings. The Morgan fingerprint density at radius 3 is 1.88 bits per heavy atom. The van der Waals surface area contributed by atoms with Gasteiger partial charge in [-0.2, -0.15) is 0 Å². The summed E-state index contributed by atoms with van der Waals surface area (Å²) in [5, 5.41) is 0. The molecular formula is C23H21NO. The molecule has 1 heterocycles. The quantitative estimate of drug-likeness (QED) is 0.616. The lowest BCUT2D eigenvalue weighted by Crippen LogP contribution is -2.17. The molecule has 3 aromatic carbocycles. The van der Waals surface area contributed by atoms with Crippen LogP contribution in [-0.4, -0.2) is 18.0 Å². The van der Waals surface area contributed by atoms with Gasteiger partial charge in [-0.15, -0.1) is 0 Å². The van der Waals surface area contributed by atoms with E-state index in [-0.39, 0.29) is 5.54 Å². The second-order valence-electron chi connectivity index (χ2n) is 7.01. The van der Waals surface area contributed by atoms with Gasteiger partial charge < -0.3 is 4.74 Å². The standard InChI is InChI=1S/C23H21NO/c1-23(2)16-25-22(24-23)21-11-7-6-10-20(21)19-14-12-18(13-15-19)17-8-4-3-5-9-17/h3-15H,16H2,1-2H3. The number of hydrogen-bond donors (Lipinski definition) is 0. The van der Waals surface area contributed by atoms with Crippen molar-refractivity contribution in [2.24, 2.45) is 4.99 Å². The SMILES string of the molecule is CC1(C)COC(c2ccccc2-c2ccc(-c3ccccc3)cc2)=N1. The van der Waals surface area contributed by atoms with Crippen LogP contribution in [0.5, 0.6) is 0 Å². The summed E-state index contributed by atoms with van der Waals surface area (Å²) in [4.78, 5) is 4.74. The lowest BCUT2D eigenvalue weighted by molar-refractivity contribution is 0.279. The molecule has 0 aliphatic carbocycles. The van der Waals surface area contributed by atoms with Gasteiger partial charge in [-0.25, -0.2) is 4.99 Å². The van der Waals surface area contributed by atoms with E-state index in [4.69, 9.17) is 9.73 Å². The fourth-order valence-corrected chi connectivity index (χ4v) is 3.12. The van der Waals surface area contributed by atoms with E-state index in [9.17, 15) is 0 Å². The molecule has 4 rings (SSSR count). The maximum atomic E-state index is 5.86. The summed E-state index contributed by atoms with van der Waals surface area (Å²) in [5.41, 5.74) is 5.68. The zero-order valence-corrected chi connectivity index (χ0v) is 14.6. The van der Waals surface area contributed by atoms with Crippen molar-refractivity contribution in [2.75, 3.05) is 6.61 Å². The van der Waals surface area contributed by atoms with Crippen molar-refractivity contribution in [3.8, 4) is 22.3 Å². The van der Waals surface area contributed by atoms with E-state index in [1.807, 2.05) is 12.1 Å². The average molecular weight is 327 g/mol. The molecule has 0 amide bonds. The molecule has 0 aromatic heterocycles. The largest absolute Gasteiger partial charge is 0.475 e. The van der Waals surface area contributed by atoms with Crippen LogP contribution in [0.25, 0.3) is 22.3 Å². The van der Waals surface area contributed by atoms with E-state index in [1.54, 1.807) is 0 Å². The highest BCUT2D eigenvalue weighted by Gasteiger charge is 2.28. The van der Waals surface area contributed by atoms with E-state index in [1.165, 1.54) is 16.7 Å². The van der Waals surface area contributed by atoms with Crippen LogP contribution in [0.3, 0.4) is 0 Å². The molecule has 2 heteroatoms. The summed E-state index contributed by atoms with van der Waals surface area (Å²) in [6.07, 6.45) is 0. The Morgan fingerprint density at radius 1 is 0.680 bits per heavy atom. The molecule has 0 radical (unpaired) electrons. The van der Waals surface area contributed by atoms with E-state index >= 15 is 0 Å². The first-order chi connectivity index (χ1) is 12.1. The molecule has 25 heavy (non-hydrogen) atoms. The summed E-state index contributed by atoms with van der Waals surface area (Å²) >= 11 is 0. The Bertz CT molecular complexity index is 908. The van der Waals surface area contributed by atoms with Gasteiger partial charge in [0.2, 0.25) is 5.90 Å². The van der Waals surface area contributed by atoms with Gasteiger partial charge in [0.25, 0.3) is 0 Å². The average Bonchev–Trinajstić information content (AvgIpc) is 3.02. The Kier molecular flexibility index (Phi) is 3.89. The van der Waals surface area contributed by atoms with Crippen molar-refractivity contribution in [3.05, 3.63) is 84.4 Å². The summed E-state index contributed by atoms with van der Waals surface area (Å²) < 4.78 is 5.86. The van der Waals surface area contributed by atoms with Gasteiger partial charge in [0.15, 0.2) is 0 Å². The van der Waals surface area contributed by atoms with Crippen LogP contribution in [0, 0.1) is 0 Å². The third kappa shape index (κ3) is 3.20. The Morgan fingerprint density at radius 2 is 1.24 bits per heavy atom. The Labute approximate surface area is 148 Å². The van der Waals surface area contributed by atoms with Crippen molar-refractivity contribution < 1.29 is 4.74 Å². The summed E-state index contributed by atoms with van der Waals surface area (Å²) in [5.74, 6) is 0.743. The molecule has 2 nitrogen and oxygen atoms in total. The fourth-order valence-electron chi connectivity index (χ4n) is 3.12. The van der Waals surface area contributed by atoms with Crippen LogP contribution in [0.4, 0.5) is 0 Å². The maximum Gasteiger partial charge on any atom is 0.217 e. The zero-order chi connectivity index (χ0) is 17.3. The molecule has 0 spiro atoms. The van der Waals surface area contributed by atoms with Gasteiger partial charge in [0, 0.05) is 5.56 Å². The number of benzene rings is 3. The molecule has 1 aliphatic rings. The van der Waals surface area contributed by atoms with Crippen molar-refractivity contribution in [1.29, 1.82) is 0 Å². The normalized spacial score (nSPS) is 15.5. The van der Waals surface area contributed by atoms with Crippen LogP contribution in [0.2, 0.25) is 0 Å². The van der Waals surface area contributed by atoms with Gasteiger partial charge in [-0.05, 0) is 42.2 Å². The first-order valence-electron chi connectivity index (χ1n) is 8.60. The van der Waals surface area contributed by atoms with Crippen LogP contribution < -0.4 is 0 Å². The van der Waals surface area contributed by atoms with Crippen molar-refractivity contribution in [2.45, 2.75) is 19.4 Å². The number of ether oxygens (including phenoxy) is 1. The number of nitrogens with zero attached hydrogens (tertiary/aromatic N) is 1. The fraction of sp³-hybridized carbons (Fsp3) is 0.174. The Hall–Kier alpha value is -2.87. The second kappa shape index (κ2) is 6.21. The molecule has 0 unspecified atom stereocenters. The monoisotopic (exact) mass is 327 g/mol. The second-order valence-corrected chi connectivity index (χ2v) is 7.01. The van der Waals surface area contributed by atoms with E-state index < -0.39 is 0 Å². The van der Waals surface area contributed by atoms with Crippen LogP contribution in [-0.2, 0) is 4.74 Å². The van der Waals surface area contributed by atoms with Crippen molar-refractivity contribution in [3.63, 3.8) is 0 Å². The van der Waals surface area contributed by atoms with E-state index in [0.29, 0.717) is 6.61 Å².